The predicted octanol–water partition coefficient (Wildman–Crippen LogP) is 4.20. The minimum absolute atomic E-state index is 0.295. The van der Waals surface area contributed by atoms with Gasteiger partial charge in [0.1, 0.15) is 5.82 Å². The number of alkyl halides is 1. The van der Waals surface area contributed by atoms with E-state index in [0.29, 0.717) is 11.1 Å². The Hall–Kier alpha value is -1.34. The van der Waals surface area contributed by atoms with E-state index >= 15 is 0 Å². The Morgan fingerprint density at radius 1 is 1.29 bits per heavy atom. The van der Waals surface area contributed by atoms with Gasteiger partial charge in [-0.25, -0.2) is 9.18 Å². The lowest BCUT2D eigenvalue weighted by Crippen LogP contribution is -2.08. The van der Waals surface area contributed by atoms with Crippen molar-refractivity contribution in [1.29, 1.82) is 0 Å². The van der Waals surface area contributed by atoms with Crippen molar-refractivity contribution in [3.8, 4) is 0 Å². The van der Waals surface area contributed by atoms with Crippen molar-refractivity contribution in [3.05, 3.63) is 67.5 Å². The highest BCUT2D eigenvalue weighted by atomic mass is 127. The van der Waals surface area contributed by atoms with Crippen molar-refractivity contribution in [2.75, 3.05) is 0 Å². The number of halogens is 3. The van der Waals surface area contributed by atoms with Crippen LogP contribution in [0.2, 0.25) is 0 Å². The van der Waals surface area contributed by atoms with Gasteiger partial charge in [0.25, 0.3) is 0 Å². The van der Waals surface area contributed by atoms with Crippen LogP contribution in [0.5, 0.6) is 0 Å². The fraction of sp³-hybridized carbons (Fsp3) is 0.133. The van der Waals surface area contributed by atoms with E-state index in [2.05, 4.69) is 22.6 Å². The van der Waals surface area contributed by atoms with Crippen LogP contribution in [0.25, 0.3) is 11.1 Å². The first-order chi connectivity index (χ1) is 9.97. The van der Waals surface area contributed by atoms with Crippen molar-refractivity contribution in [2.45, 2.75) is 5.38 Å². The molecule has 3 aromatic rings. The first-order valence-corrected chi connectivity index (χ1v) is 7.67. The largest absolute Gasteiger partial charge is 0.419 e. The minimum atomic E-state index is -0.438. The molecule has 0 bridgehead atoms. The maximum Gasteiger partial charge on any atom is 0.419 e. The number of hydrogen-bond donors (Lipinski definition) is 0. The summed E-state index contributed by atoms with van der Waals surface area (Å²) in [4.78, 5) is 11.5. The quantitative estimate of drug-likeness (QED) is 0.463. The molecule has 0 saturated carbocycles. The lowest BCUT2D eigenvalue weighted by molar-refractivity contribution is 0.528. The summed E-state index contributed by atoms with van der Waals surface area (Å²) in [5.74, 6) is -0.707. The molecule has 0 aliphatic heterocycles. The molecule has 3 nitrogen and oxygen atoms in total. The summed E-state index contributed by atoms with van der Waals surface area (Å²) >= 11 is 8.54. The lowest BCUT2D eigenvalue weighted by Gasteiger charge is -2.12. The third-order valence-corrected chi connectivity index (χ3v) is 4.77. The van der Waals surface area contributed by atoms with Crippen LogP contribution in [0.3, 0.4) is 0 Å². The van der Waals surface area contributed by atoms with Gasteiger partial charge in [0.05, 0.1) is 10.9 Å². The molecule has 2 aromatic carbocycles. The van der Waals surface area contributed by atoms with Gasteiger partial charge in [-0.05, 0) is 58.0 Å². The molecule has 0 fully saturated rings. The zero-order chi connectivity index (χ0) is 15.1. The molecule has 0 aliphatic rings. The predicted molar refractivity (Wildman–Crippen MR) is 88.3 cm³/mol. The average Bonchev–Trinajstić information content (AvgIpc) is 2.73. The maximum absolute atomic E-state index is 13.2. The van der Waals surface area contributed by atoms with E-state index in [0.717, 1.165) is 14.7 Å². The fourth-order valence-corrected chi connectivity index (χ4v) is 3.49. The summed E-state index contributed by atoms with van der Waals surface area (Å²) in [6.45, 7) is 0. The van der Waals surface area contributed by atoms with Crippen LogP contribution >= 0.6 is 34.2 Å². The summed E-state index contributed by atoms with van der Waals surface area (Å²) in [6.07, 6.45) is 0. The van der Waals surface area contributed by atoms with E-state index in [4.69, 9.17) is 16.0 Å². The molecule has 108 valence electrons. The van der Waals surface area contributed by atoms with Crippen molar-refractivity contribution in [1.82, 2.24) is 4.57 Å². The van der Waals surface area contributed by atoms with Gasteiger partial charge in [0, 0.05) is 10.6 Å². The molecule has 3 rings (SSSR count). The number of hydrogen-bond acceptors (Lipinski definition) is 2. The van der Waals surface area contributed by atoms with Gasteiger partial charge < -0.3 is 4.42 Å². The Morgan fingerprint density at radius 2 is 2.05 bits per heavy atom. The van der Waals surface area contributed by atoms with E-state index in [1.54, 1.807) is 25.2 Å². The van der Waals surface area contributed by atoms with E-state index in [9.17, 15) is 9.18 Å². The maximum atomic E-state index is 13.2. The summed E-state index contributed by atoms with van der Waals surface area (Å²) in [5.41, 5.74) is 2.81. The number of aromatic nitrogens is 1. The van der Waals surface area contributed by atoms with Crippen LogP contribution in [0.15, 0.2) is 45.6 Å². The highest BCUT2D eigenvalue weighted by Gasteiger charge is 2.16. The van der Waals surface area contributed by atoms with Gasteiger partial charge in [-0.2, -0.15) is 0 Å². The summed E-state index contributed by atoms with van der Waals surface area (Å²) in [5, 5.41) is -0.438. The summed E-state index contributed by atoms with van der Waals surface area (Å²) in [7, 11) is 1.65. The Bertz CT molecular complexity index is 887. The molecule has 1 heterocycles. The molecule has 0 saturated heterocycles. The third kappa shape index (κ3) is 2.60. The van der Waals surface area contributed by atoms with Gasteiger partial charge in [-0.1, -0.05) is 12.1 Å². The molecule has 6 heteroatoms. The molecule has 21 heavy (non-hydrogen) atoms. The van der Waals surface area contributed by atoms with Crippen LogP contribution in [-0.4, -0.2) is 4.57 Å². The molecular weight excluding hydrogens is 408 g/mol. The zero-order valence-corrected chi connectivity index (χ0v) is 13.9. The van der Waals surface area contributed by atoms with Crippen LogP contribution < -0.4 is 5.76 Å². The second-order valence-corrected chi connectivity index (χ2v) is 6.28. The van der Waals surface area contributed by atoms with Crippen molar-refractivity contribution >= 4 is 45.3 Å². The number of nitrogens with zero attached hydrogens (tertiary/aromatic N) is 1. The van der Waals surface area contributed by atoms with Gasteiger partial charge in [-0.15, -0.1) is 11.6 Å². The Labute approximate surface area is 138 Å². The van der Waals surface area contributed by atoms with E-state index in [1.165, 1.54) is 16.7 Å². The Kier molecular flexibility index (Phi) is 3.79. The SMILES string of the molecule is Cn1c(=O)oc2cc(C(Cl)c3ccc(F)cc3I)ccc21. The lowest BCUT2D eigenvalue weighted by atomic mass is 10.0. The smallest absolute Gasteiger partial charge is 0.408 e. The molecule has 1 aromatic heterocycles. The molecule has 1 atom stereocenters. The number of rotatable bonds is 2. The normalized spacial score (nSPS) is 12.8. The molecule has 0 N–H and O–H groups in total. The highest BCUT2D eigenvalue weighted by Crippen LogP contribution is 2.33. The molecule has 1 unspecified atom stereocenters. The number of fused-ring (bicyclic) bond motifs is 1. The van der Waals surface area contributed by atoms with E-state index in [1.807, 2.05) is 6.07 Å². The van der Waals surface area contributed by atoms with Crippen molar-refractivity contribution in [2.24, 2.45) is 7.05 Å². The molecule has 0 amide bonds. The van der Waals surface area contributed by atoms with Gasteiger partial charge in [0.2, 0.25) is 0 Å². The minimum Gasteiger partial charge on any atom is -0.408 e. The Balaban J connectivity index is 2.09. The van der Waals surface area contributed by atoms with Crippen molar-refractivity contribution in [3.63, 3.8) is 0 Å². The number of oxazole rings is 1. The molecule has 0 radical (unpaired) electrons. The van der Waals surface area contributed by atoms with E-state index < -0.39 is 11.1 Å². The van der Waals surface area contributed by atoms with Gasteiger partial charge in [-0.3, -0.25) is 4.57 Å². The van der Waals surface area contributed by atoms with E-state index in [-0.39, 0.29) is 5.82 Å². The Morgan fingerprint density at radius 3 is 2.76 bits per heavy atom. The van der Waals surface area contributed by atoms with Crippen LogP contribution in [-0.2, 0) is 7.05 Å². The molecule has 0 spiro atoms. The fourth-order valence-electron chi connectivity index (χ4n) is 2.19. The molecule has 0 aliphatic carbocycles. The third-order valence-electron chi connectivity index (χ3n) is 3.34. The number of aryl methyl sites for hydroxylation is 1. The first kappa shape index (κ1) is 14.6. The zero-order valence-electron chi connectivity index (χ0n) is 10.9. The van der Waals surface area contributed by atoms with Crippen LogP contribution in [0.1, 0.15) is 16.5 Å². The second kappa shape index (κ2) is 5.46. The number of benzene rings is 2. The second-order valence-electron chi connectivity index (χ2n) is 4.68. The van der Waals surface area contributed by atoms with Crippen molar-refractivity contribution < 1.29 is 8.81 Å². The monoisotopic (exact) mass is 417 g/mol. The topological polar surface area (TPSA) is 35.1 Å². The first-order valence-electron chi connectivity index (χ1n) is 6.16. The summed E-state index contributed by atoms with van der Waals surface area (Å²) < 4.78 is 20.5. The van der Waals surface area contributed by atoms with Gasteiger partial charge in [0.15, 0.2) is 5.58 Å². The van der Waals surface area contributed by atoms with Gasteiger partial charge >= 0.3 is 5.76 Å². The highest BCUT2D eigenvalue weighted by molar-refractivity contribution is 14.1. The average molecular weight is 418 g/mol. The van der Waals surface area contributed by atoms with Crippen LogP contribution in [0, 0.1) is 9.39 Å². The summed E-state index contributed by atoms with van der Waals surface area (Å²) in [6, 6.07) is 9.87. The molecular formula is C15H10ClFINO2. The standard InChI is InChI=1S/C15H10ClFINO2/c1-19-12-5-2-8(6-13(12)21-15(19)20)14(16)10-4-3-9(17)7-11(10)18/h2-7,14H,1H3. The van der Waals surface area contributed by atoms with Crippen LogP contribution in [0.4, 0.5) is 4.39 Å².